The van der Waals surface area contributed by atoms with E-state index in [1.807, 2.05) is 0 Å². The van der Waals surface area contributed by atoms with E-state index in [4.69, 9.17) is 9.47 Å². The molecule has 0 aliphatic carbocycles. The molecule has 0 bridgehead atoms. The van der Waals surface area contributed by atoms with Gasteiger partial charge in [-0.2, -0.15) is 0 Å². The first kappa shape index (κ1) is 12.8. The minimum atomic E-state index is -0.191. The van der Waals surface area contributed by atoms with E-state index in [0.717, 1.165) is 39.1 Å². The van der Waals surface area contributed by atoms with E-state index in [2.05, 4.69) is 9.64 Å². The summed E-state index contributed by atoms with van der Waals surface area (Å²) >= 11 is 0. The lowest BCUT2D eigenvalue weighted by atomic mass is 10.1. The summed E-state index contributed by atoms with van der Waals surface area (Å²) in [5, 5.41) is 0. The number of carbonyl (C=O) groups excluding carboxylic acids is 1. The van der Waals surface area contributed by atoms with Gasteiger partial charge in [0, 0.05) is 32.3 Å². The van der Waals surface area contributed by atoms with Crippen molar-refractivity contribution in [2.45, 2.75) is 31.4 Å². The second-order valence-corrected chi connectivity index (χ2v) is 4.61. The van der Waals surface area contributed by atoms with Crippen molar-refractivity contribution in [3.63, 3.8) is 0 Å². The van der Waals surface area contributed by atoms with Crippen LogP contribution in [0.1, 0.15) is 19.3 Å². The molecule has 98 valence electrons. The van der Waals surface area contributed by atoms with Crippen LogP contribution in [0.15, 0.2) is 0 Å². The van der Waals surface area contributed by atoms with Crippen molar-refractivity contribution in [3.05, 3.63) is 0 Å². The minimum absolute atomic E-state index is 0.0148. The first-order valence-electron chi connectivity index (χ1n) is 6.30. The summed E-state index contributed by atoms with van der Waals surface area (Å²) in [7, 11) is 1.42. The molecule has 0 saturated carbocycles. The normalized spacial score (nSPS) is 27.9. The van der Waals surface area contributed by atoms with Gasteiger partial charge in [0.15, 0.2) is 0 Å². The highest BCUT2D eigenvalue weighted by atomic mass is 16.5. The molecule has 0 radical (unpaired) electrons. The Labute approximate surface area is 102 Å². The van der Waals surface area contributed by atoms with Gasteiger partial charge >= 0.3 is 5.97 Å². The third kappa shape index (κ3) is 3.66. The molecule has 0 aromatic heterocycles. The molecule has 2 fully saturated rings. The number of rotatable bonds is 3. The Morgan fingerprint density at radius 1 is 1.35 bits per heavy atom. The monoisotopic (exact) mass is 243 g/mol. The maximum absolute atomic E-state index is 11.2. The number of ether oxygens (including phenoxy) is 3. The summed E-state index contributed by atoms with van der Waals surface area (Å²) in [6, 6.07) is 0.591. The van der Waals surface area contributed by atoms with Crippen LogP contribution in [0.4, 0.5) is 0 Å². The molecule has 2 saturated heterocycles. The van der Waals surface area contributed by atoms with Crippen molar-refractivity contribution < 1.29 is 19.0 Å². The zero-order valence-electron chi connectivity index (χ0n) is 10.4. The van der Waals surface area contributed by atoms with Crippen molar-refractivity contribution in [2.24, 2.45) is 0 Å². The van der Waals surface area contributed by atoms with Crippen molar-refractivity contribution >= 4 is 5.97 Å². The zero-order chi connectivity index (χ0) is 12.1. The first-order valence-corrected chi connectivity index (χ1v) is 6.30. The topological polar surface area (TPSA) is 48.0 Å². The number of hydrogen-bond acceptors (Lipinski definition) is 5. The van der Waals surface area contributed by atoms with Gasteiger partial charge < -0.3 is 14.2 Å². The zero-order valence-corrected chi connectivity index (χ0v) is 10.4. The van der Waals surface area contributed by atoms with Crippen molar-refractivity contribution in [2.75, 3.05) is 40.0 Å². The number of morpholine rings is 1. The quantitative estimate of drug-likeness (QED) is 0.673. The fraction of sp³-hybridized carbons (Fsp3) is 0.917. The Bertz CT molecular complexity index is 253. The van der Waals surface area contributed by atoms with E-state index in [1.54, 1.807) is 0 Å². The van der Waals surface area contributed by atoms with Crippen LogP contribution in [0.2, 0.25) is 0 Å². The second-order valence-electron chi connectivity index (χ2n) is 4.61. The van der Waals surface area contributed by atoms with Crippen molar-refractivity contribution in [1.82, 2.24) is 4.90 Å². The maximum atomic E-state index is 11.2. The molecular weight excluding hydrogens is 222 g/mol. The molecule has 17 heavy (non-hydrogen) atoms. The van der Waals surface area contributed by atoms with E-state index in [9.17, 15) is 4.79 Å². The summed E-state index contributed by atoms with van der Waals surface area (Å²) in [5.41, 5.74) is 0. The lowest BCUT2D eigenvalue weighted by Gasteiger charge is -2.39. The molecule has 1 atom stereocenters. The summed E-state index contributed by atoms with van der Waals surface area (Å²) in [4.78, 5) is 13.7. The van der Waals surface area contributed by atoms with E-state index < -0.39 is 0 Å². The van der Waals surface area contributed by atoms with Gasteiger partial charge in [0.2, 0.25) is 0 Å². The number of hydrogen-bond donors (Lipinski definition) is 0. The third-order valence-electron chi connectivity index (χ3n) is 3.50. The molecule has 5 heteroatoms. The Morgan fingerprint density at radius 2 is 2.12 bits per heavy atom. The van der Waals surface area contributed by atoms with Gasteiger partial charge in [0.1, 0.15) is 0 Å². The van der Waals surface area contributed by atoms with Crippen LogP contribution in [0.5, 0.6) is 0 Å². The van der Waals surface area contributed by atoms with Gasteiger partial charge in [0.25, 0.3) is 0 Å². The predicted molar refractivity (Wildman–Crippen MR) is 61.8 cm³/mol. The van der Waals surface area contributed by atoms with Gasteiger partial charge in [0.05, 0.1) is 26.2 Å². The number of nitrogens with zero attached hydrogens (tertiary/aromatic N) is 1. The molecule has 0 spiro atoms. The highest BCUT2D eigenvalue weighted by molar-refractivity contribution is 5.69. The Balaban J connectivity index is 1.81. The Morgan fingerprint density at radius 3 is 2.82 bits per heavy atom. The van der Waals surface area contributed by atoms with Crippen LogP contribution in [-0.4, -0.2) is 63.0 Å². The first-order chi connectivity index (χ1) is 8.29. The van der Waals surface area contributed by atoms with Crippen LogP contribution in [0, 0.1) is 0 Å². The molecule has 0 N–H and O–H groups in total. The molecule has 2 aliphatic rings. The predicted octanol–water partition coefficient (Wildman–Crippen LogP) is 0.429. The molecular formula is C12H21NO4. The van der Waals surface area contributed by atoms with Crippen molar-refractivity contribution in [3.8, 4) is 0 Å². The molecule has 1 unspecified atom stereocenters. The van der Waals surface area contributed by atoms with E-state index >= 15 is 0 Å². The van der Waals surface area contributed by atoms with Gasteiger partial charge in [-0.05, 0) is 12.8 Å². The van der Waals surface area contributed by atoms with Gasteiger partial charge in [-0.1, -0.05) is 0 Å². The Hall–Kier alpha value is -0.650. The van der Waals surface area contributed by atoms with E-state index in [-0.39, 0.29) is 12.1 Å². The van der Waals surface area contributed by atoms with Crippen LogP contribution in [-0.2, 0) is 19.0 Å². The highest BCUT2D eigenvalue weighted by Crippen LogP contribution is 2.18. The summed E-state index contributed by atoms with van der Waals surface area (Å²) in [6.45, 7) is 4.20. The van der Waals surface area contributed by atoms with E-state index in [0.29, 0.717) is 19.1 Å². The van der Waals surface area contributed by atoms with Crippen LogP contribution in [0.3, 0.4) is 0 Å². The summed E-state index contributed by atoms with van der Waals surface area (Å²) in [6.07, 6.45) is 2.52. The highest BCUT2D eigenvalue weighted by Gasteiger charge is 2.28. The number of methoxy groups -OCH3 is 1. The van der Waals surface area contributed by atoms with Gasteiger partial charge in [-0.3, -0.25) is 9.69 Å². The molecule has 2 heterocycles. The third-order valence-corrected chi connectivity index (χ3v) is 3.50. The van der Waals surface area contributed by atoms with Crippen LogP contribution in [0.25, 0.3) is 0 Å². The standard InChI is InChI=1S/C12H21NO4/c1-15-12(14)8-11-9-13(4-7-17-11)10-2-5-16-6-3-10/h10-11H,2-9H2,1H3. The van der Waals surface area contributed by atoms with Gasteiger partial charge in [-0.15, -0.1) is 0 Å². The number of esters is 1. The second kappa shape index (κ2) is 6.33. The van der Waals surface area contributed by atoms with Crippen LogP contribution < -0.4 is 0 Å². The molecule has 5 nitrogen and oxygen atoms in total. The minimum Gasteiger partial charge on any atom is -0.469 e. The Kier molecular flexibility index (Phi) is 4.76. The molecule has 2 aliphatic heterocycles. The average Bonchev–Trinajstić information content (AvgIpc) is 2.40. The average molecular weight is 243 g/mol. The molecule has 2 rings (SSSR count). The van der Waals surface area contributed by atoms with Crippen molar-refractivity contribution in [1.29, 1.82) is 0 Å². The van der Waals surface area contributed by atoms with E-state index in [1.165, 1.54) is 7.11 Å². The SMILES string of the molecule is COC(=O)CC1CN(C2CCOCC2)CCO1. The fourth-order valence-corrected chi connectivity index (χ4v) is 2.52. The summed E-state index contributed by atoms with van der Waals surface area (Å²) < 4.78 is 15.6. The molecule has 0 amide bonds. The smallest absolute Gasteiger partial charge is 0.308 e. The maximum Gasteiger partial charge on any atom is 0.308 e. The molecule has 0 aromatic rings. The lowest BCUT2D eigenvalue weighted by Crippen LogP contribution is -2.49. The van der Waals surface area contributed by atoms with Gasteiger partial charge in [-0.25, -0.2) is 0 Å². The number of carbonyl (C=O) groups is 1. The largest absolute Gasteiger partial charge is 0.469 e. The fourth-order valence-electron chi connectivity index (χ4n) is 2.52. The lowest BCUT2D eigenvalue weighted by molar-refractivity contribution is -0.146. The summed E-state index contributed by atoms with van der Waals surface area (Å²) in [5.74, 6) is -0.191. The van der Waals surface area contributed by atoms with Crippen LogP contribution >= 0.6 is 0 Å². The molecule has 0 aromatic carbocycles.